The van der Waals surface area contributed by atoms with Crippen molar-refractivity contribution in [1.29, 1.82) is 0 Å². The van der Waals surface area contributed by atoms with Crippen molar-refractivity contribution in [2.45, 2.75) is 16.2 Å². The molecule has 0 bridgehead atoms. The van der Waals surface area contributed by atoms with E-state index >= 15 is 0 Å². The Bertz CT molecular complexity index is 605. The van der Waals surface area contributed by atoms with Gasteiger partial charge in [-0.15, -0.1) is 10.2 Å². The third kappa shape index (κ3) is 2.09. The summed E-state index contributed by atoms with van der Waals surface area (Å²) in [5.41, 5.74) is 0. The first-order valence-electron chi connectivity index (χ1n) is 4.31. The molecule has 2 aromatic rings. The van der Waals surface area contributed by atoms with E-state index in [1.165, 1.54) is 24.3 Å². The van der Waals surface area contributed by atoms with E-state index in [0.29, 0.717) is 10.0 Å². The Morgan fingerprint density at radius 2 is 1.81 bits per heavy atom. The Balaban J connectivity index is 2.51. The minimum atomic E-state index is -3.55. The number of halogens is 1. The van der Waals surface area contributed by atoms with Crippen molar-refractivity contribution in [2.75, 3.05) is 0 Å². The number of rotatable bonds is 2. The van der Waals surface area contributed by atoms with Crippen LogP contribution < -0.4 is 0 Å². The highest BCUT2D eigenvalue weighted by atomic mass is 35.5. The fourth-order valence-corrected chi connectivity index (χ4v) is 3.58. The average molecular weight is 275 g/mol. The smallest absolute Gasteiger partial charge is 0.216 e. The molecule has 4 nitrogen and oxygen atoms in total. The van der Waals surface area contributed by atoms with Crippen LogP contribution in [0.3, 0.4) is 0 Å². The molecule has 0 saturated carbocycles. The number of sulfone groups is 1. The summed E-state index contributed by atoms with van der Waals surface area (Å²) in [7, 11) is -3.55. The number of hydrogen-bond acceptors (Lipinski definition) is 5. The van der Waals surface area contributed by atoms with Crippen molar-refractivity contribution in [1.82, 2.24) is 10.2 Å². The third-order valence-electron chi connectivity index (χ3n) is 1.86. The normalized spacial score (nSPS) is 11.6. The summed E-state index contributed by atoms with van der Waals surface area (Å²) in [6, 6.07) is 5.97. The summed E-state index contributed by atoms with van der Waals surface area (Å²) in [6.45, 7) is 1.71. The molecular weight excluding hydrogens is 268 g/mol. The summed E-state index contributed by atoms with van der Waals surface area (Å²) >= 11 is 6.74. The van der Waals surface area contributed by atoms with Gasteiger partial charge in [-0.05, 0) is 31.2 Å². The Hall–Kier alpha value is -0.980. The van der Waals surface area contributed by atoms with Gasteiger partial charge < -0.3 is 0 Å². The first-order chi connectivity index (χ1) is 7.50. The Morgan fingerprint density at radius 1 is 1.19 bits per heavy atom. The number of aromatic nitrogens is 2. The summed E-state index contributed by atoms with van der Waals surface area (Å²) in [5.74, 6) is 0. The lowest BCUT2D eigenvalue weighted by atomic mass is 10.4. The molecule has 2 rings (SSSR count). The maximum absolute atomic E-state index is 12.0. The second kappa shape index (κ2) is 4.12. The van der Waals surface area contributed by atoms with E-state index in [9.17, 15) is 8.42 Å². The largest absolute Gasteiger partial charge is 0.237 e. The van der Waals surface area contributed by atoms with Crippen LogP contribution in [-0.4, -0.2) is 18.6 Å². The third-order valence-corrected chi connectivity index (χ3v) is 5.09. The molecule has 0 aliphatic heterocycles. The van der Waals surface area contributed by atoms with Gasteiger partial charge in [0, 0.05) is 5.02 Å². The zero-order chi connectivity index (χ0) is 11.8. The van der Waals surface area contributed by atoms with E-state index in [0.717, 1.165) is 11.3 Å². The van der Waals surface area contributed by atoms with E-state index in [4.69, 9.17) is 11.6 Å². The molecule has 0 radical (unpaired) electrons. The van der Waals surface area contributed by atoms with Crippen LogP contribution in [0.1, 0.15) is 5.01 Å². The van der Waals surface area contributed by atoms with Gasteiger partial charge in [-0.1, -0.05) is 22.9 Å². The minimum Gasteiger partial charge on any atom is -0.216 e. The lowest BCUT2D eigenvalue weighted by Gasteiger charge is -1.99. The minimum absolute atomic E-state index is 0.00678. The molecular formula is C9H7ClN2O2S2. The number of benzene rings is 1. The lowest BCUT2D eigenvalue weighted by Crippen LogP contribution is -2.01. The molecule has 0 N–H and O–H groups in total. The lowest BCUT2D eigenvalue weighted by molar-refractivity contribution is 0.594. The van der Waals surface area contributed by atoms with E-state index in [1.54, 1.807) is 6.92 Å². The Morgan fingerprint density at radius 3 is 2.31 bits per heavy atom. The van der Waals surface area contributed by atoms with Gasteiger partial charge in [0.1, 0.15) is 5.01 Å². The predicted octanol–water partition coefficient (Wildman–Crippen LogP) is 2.33. The predicted molar refractivity (Wildman–Crippen MR) is 61.5 cm³/mol. The van der Waals surface area contributed by atoms with Crippen molar-refractivity contribution in [2.24, 2.45) is 0 Å². The molecule has 0 unspecified atom stereocenters. The number of nitrogens with zero attached hydrogens (tertiary/aromatic N) is 2. The molecule has 1 aromatic carbocycles. The molecule has 0 amide bonds. The fraction of sp³-hybridized carbons (Fsp3) is 0.111. The van der Waals surface area contributed by atoms with Gasteiger partial charge in [-0.3, -0.25) is 0 Å². The van der Waals surface area contributed by atoms with Crippen LogP contribution in [-0.2, 0) is 9.84 Å². The molecule has 1 aromatic heterocycles. The Labute approximate surface area is 102 Å². The van der Waals surface area contributed by atoms with Crippen LogP contribution in [0.5, 0.6) is 0 Å². The van der Waals surface area contributed by atoms with Crippen LogP contribution in [0, 0.1) is 6.92 Å². The first kappa shape index (κ1) is 11.5. The molecule has 0 aliphatic carbocycles. The topological polar surface area (TPSA) is 59.9 Å². The molecule has 16 heavy (non-hydrogen) atoms. The Kier molecular flexibility index (Phi) is 2.96. The standard InChI is InChI=1S/C9H7ClN2O2S2/c1-6-11-12-9(15-6)16(13,14)8-4-2-7(10)3-5-8/h2-5H,1H3. The van der Waals surface area contributed by atoms with Crippen molar-refractivity contribution in [3.8, 4) is 0 Å². The quantitative estimate of drug-likeness (QED) is 0.843. The van der Waals surface area contributed by atoms with Crippen molar-refractivity contribution in [3.63, 3.8) is 0 Å². The van der Waals surface area contributed by atoms with Crippen molar-refractivity contribution < 1.29 is 8.42 Å². The zero-order valence-electron chi connectivity index (χ0n) is 8.21. The van der Waals surface area contributed by atoms with Crippen molar-refractivity contribution >= 4 is 32.8 Å². The summed E-state index contributed by atoms with van der Waals surface area (Å²) in [5, 5.41) is 8.43. The van der Waals surface area contributed by atoms with E-state index in [1.807, 2.05) is 0 Å². The molecule has 7 heteroatoms. The number of hydrogen-bond donors (Lipinski definition) is 0. The zero-order valence-corrected chi connectivity index (χ0v) is 10.6. The van der Waals surface area contributed by atoms with Gasteiger partial charge in [-0.2, -0.15) is 0 Å². The molecule has 0 fully saturated rings. The molecule has 0 saturated heterocycles. The highest BCUT2D eigenvalue weighted by Gasteiger charge is 2.21. The molecule has 0 aliphatic rings. The van der Waals surface area contributed by atoms with Crippen LogP contribution in [0.15, 0.2) is 33.5 Å². The molecule has 0 atom stereocenters. The highest BCUT2D eigenvalue weighted by Crippen LogP contribution is 2.24. The SMILES string of the molecule is Cc1nnc(S(=O)(=O)c2ccc(Cl)cc2)s1. The fourth-order valence-electron chi connectivity index (χ4n) is 1.10. The van der Waals surface area contributed by atoms with E-state index < -0.39 is 9.84 Å². The van der Waals surface area contributed by atoms with Crippen LogP contribution >= 0.6 is 22.9 Å². The van der Waals surface area contributed by atoms with Crippen LogP contribution in [0.25, 0.3) is 0 Å². The second-order valence-electron chi connectivity index (χ2n) is 3.04. The van der Waals surface area contributed by atoms with Gasteiger partial charge >= 0.3 is 0 Å². The van der Waals surface area contributed by atoms with Gasteiger partial charge in [-0.25, -0.2) is 8.42 Å². The van der Waals surface area contributed by atoms with Gasteiger partial charge in [0.15, 0.2) is 0 Å². The maximum atomic E-state index is 12.0. The van der Waals surface area contributed by atoms with E-state index in [2.05, 4.69) is 10.2 Å². The summed E-state index contributed by atoms with van der Waals surface area (Å²) < 4.78 is 24.1. The van der Waals surface area contributed by atoms with Gasteiger partial charge in [0.2, 0.25) is 14.2 Å². The first-order valence-corrected chi connectivity index (χ1v) is 6.99. The average Bonchev–Trinajstić information content (AvgIpc) is 2.66. The monoisotopic (exact) mass is 274 g/mol. The summed E-state index contributed by atoms with van der Waals surface area (Å²) in [6.07, 6.45) is 0. The van der Waals surface area contributed by atoms with Crippen molar-refractivity contribution in [3.05, 3.63) is 34.3 Å². The van der Waals surface area contributed by atoms with E-state index in [-0.39, 0.29) is 9.24 Å². The maximum Gasteiger partial charge on any atom is 0.237 e. The van der Waals surface area contributed by atoms with Crippen LogP contribution in [0.4, 0.5) is 0 Å². The molecule has 1 heterocycles. The number of aryl methyl sites for hydroxylation is 1. The van der Waals surface area contributed by atoms with Crippen LogP contribution in [0.2, 0.25) is 5.02 Å². The molecule has 84 valence electrons. The molecule has 0 spiro atoms. The second-order valence-corrected chi connectivity index (χ2v) is 6.79. The summed E-state index contributed by atoms with van der Waals surface area (Å²) in [4.78, 5) is 0.174. The van der Waals surface area contributed by atoms with Gasteiger partial charge in [0.25, 0.3) is 0 Å². The van der Waals surface area contributed by atoms with Gasteiger partial charge in [0.05, 0.1) is 4.90 Å². The highest BCUT2D eigenvalue weighted by molar-refractivity contribution is 7.93.